The molecule has 1 fully saturated rings. The van der Waals surface area contributed by atoms with E-state index in [4.69, 9.17) is 24.4 Å². The van der Waals surface area contributed by atoms with Gasteiger partial charge in [0.15, 0.2) is 5.65 Å². The number of benzene rings is 2. The first-order valence-corrected chi connectivity index (χ1v) is 15.2. The van der Waals surface area contributed by atoms with Crippen molar-refractivity contribution in [1.82, 2.24) is 14.6 Å². The zero-order valence-electron chi connectivity index (χ0n) is 26.7. The van der Waals surface area contributed by atoms with Crippen LogP contribution in [0, 0.1) is 18.6 Å². The summed E-state index contributed by atoms with van der Waals surface area (Å²) in [5, 5.41) is 19.1. The van der Waals surface area contributed by atoms with Gasteiger partial charge in [0.25, 0.3) is 0 Å². The van der Waals surface area contributed by atoms with Crippen LogP contribution in [0.2, 0.25) is 0 Å². The molecule has 0 radical (unpaired) electrons. The average molecular weight is 634 g/mol. The highest BCUT2D eigenvalue weighted by atomic mass is 19.1. The van der Waals surface area contributed by atoms with E-state index in [9.17, 15) is 14.3 Å². The third-order valence-electron chi connectivity index (χ3n) is 8.13. The molecule has 3 atom stereocenters. The number of aromatic nitrogens is 3. The summed E-state index contributed by atoms with van der Waals surface area (Å²) >= 11 is 0. The summed E-state index contributed by atoms with van der Waals surface area (Å²) in [5.41, 5.74) is 2.01. The topological polar surface area (TPSA) is 111 Å². The van der Waals surface area contributed by atoms with E-state index >= 15 is 4.39 Å². The van der Waals surface area contributed by atoms with Crippen LogP contribution in [0.3, 0.4) is 0 Å². The van der Waals surface area contributed by atoms with Gasteiger partial charge in [0.05, 0.1) is 29.5 Å². The normalized spacial score (nSPS) is 21.4. The standard InChI is InChI=1S/C34H37F2N5O5/c1-19-18-37-46-34(6)10-11-40(29(17-34)45-33(3,4)5)32-24(15-30(42)43)20(2)38-28-16-26(39-41(28)32)21-8-7-9-22(12-21)31-25(36)13-23(35)14-27(31)44-19/h7-9,12-14,16,18-19,29H,10-11,15,17H2,1-6H3,(H,42,43). The number of oxime groups is 1. The predicted octanol–water partition coefficient (Wildman–Crippen LogP) is 6.56. The minimum absolute atomic E-state index is 0.0146. The van der Waals surface area contributed by atoms with Gasteiger partial charge in [-0.05, 0) is 53.2 Å². The number of piperidine rings is 1. The molecule has 46 heavy (non-hydrogen) atoms. The van der Waals surface area contributed by atoms with Crippen LogP contribution in [0.25, 0.3) is 28.0 Å². The molecule has 5 heterocycles. The van der Waals surface area contributed by atoms with Crippen molar-refractivity contribution in [2.75, 3.05) is 11.4 Å². The lowest BCUT2D eigenvalue weighted by molar-refractivity contribution is -0.136. The number of hydrogen-bond donors (Lipinski definition) is 1. The maximum Gasteiger partial charge on any atom is 0.308 e. The maximum absolute atomic E-state index is 15.4. The van der Waals surface area contributed by atoms with Crippen LogP contribution in [-0.4, -0.2) is 62.0 Å². The largest absolute Gasteiger partial charge is 0.484 e. The Kier molecular flexibility index (Phi) is 7.95. The fourth-order valence-corrected chi connectivity index (χ4v) is 6.08. The van der Waals surface area contributed by atoms with Crippen molar-refractivity contribution in [2.24, 2.45) is 5.16 Å². The van der Waals surface area contributed by atoms with Gasteiger partial charge in [-0.15, -0.1) is 0 Å². The summed E-state index contributed by atoms with van der Waals surface area (Å²) in [4.78, 5) is 25.0. The molecule has 3 unspecified atom stereocenters. The third kappa shape index (κ3) is 6.26. The zero-order valence-corrected chi connectivity index (χ0v) is 26.7. The van der Waals surface area contributed by atoms with E-state index in [1.807, 2.05) is 38.7 Å². The molecule has 2 aromatic heterocycles. The Hall–Kier alpha value is -4.58. The Balaban J connectivity index is 1.61. The summed E-state index contributed by atoms with van der Waals surface area (Å²) in [7, 11) is 0. The van der Waals surface area contributed by atoms with Crippen LogP contribution in [-0.2, 0) is 20.8 Å². The molecule has 7 rings (SSSR count). The minimum atomic E-state index is -0.999. The Morgan fingerprint density at radius 2 is 1.93 bits per heavy atom. The van der Waals surface area contributed by atoms with E-state index in [1.165, 1.54) is 6.21 Å². The fourth-order valence-electron chi connectivity index (χ4n) is 6.08. The number of rotatable bonds is 3. The van der Waals surface area contributed by atoms with Crippen LogP contribution in [0.15, 0.2) is 47.6 Å². The summed E-state index contributed by atoms with van der Waals surface area (Å²) in [6, 6.07) is 10.8. The fraction of sp³-hybridized carbons (Fsp3) is 0.412. The van der Waals surface area contributed by atoms with Crippen molar-refractivity contribution in [1.29, 1.82) is 0 Å². The Bertz CT molecular complexity index is 1850. The molecule has 2 aromatic carbocycles. The molecule has 0 amide bonds. The maximum atomic E-state index is 15.4. The highest BCUT2D eigenvalue weighted by Crippen LogP contribution is 2.40. The van der Waals surface area contributed by atoms with Crippen molar-refractivity contribution in [3.05, 3.63) is 65.4 Å². The van der Waals surface area contributed by atoms with Crippen LogP contribution in [0.5, 0.6) is 5.75 Å². The minimum Gasteiger partial charge on any atom is -0.484 e. The van der Waals surface area contributed by atoms with Gasteiger partial charge in [-0.25, -0.2) is 13.8 Å². The van der Waals surface area contributed by atoms with Crippen LogP contribution in [0.1, 0.15) is 58.7 Å². The molecule has 0 saturated carbocycles. The lowest BCUT2D eigenvalue weighted by Gasteiger charge is -2.46. The molecule has 0 spiro atoms. The van der Waals surface area contributed by atoms with E-state index in [0.717, 1.165) is 12.1 Å². The SMILES string of the molecule is Cc1nc2cc3nn2c(c1CC(=O)O)N1CCC(C)(CC1OC(C)(C)C)ON=CC(C)Oc1cc(F)cc(F)c1-c1cccc-3c1. The third-order valence-corrected chi connectivity index (χ3v) is 8.13. The number of anilines is 1. The first-order chi connectivity index (χ1) is 21.7. The molecular weight excluding hydrogens is 596 g/mol. The molecule has 242 valence electrons. The Morgan fingerprint density at radius 1 is 1.17 bits per heavy atom. The summed E-state index contributed by atoms with van der Waals surface area (Å²) in [6.45, 7) is 11.8. The second-order valence-corrected chi connectivity index (χ2v) is 13.2. The lowest BCUT2D eigenvalue weighted by Crippen LogP contribution is -2.54. The molecule has 1 saturated heterocycles. The number of fused-ring (bicyclic) bond motifs is 5. The van der Waals surface area contributed by atoms with Gasteiger partial charge in [-0.1, -0.05) is 23.4 Å². The molecule has 3 aliphatic rings. The zero-order chi connectivity index (χ0) is 33.0. The highest BCUT2D eigenvalue weighted by molar-refractivity contribution is 5.78. The molecule has 10 nitrogen and oxygen atoms in total. The predicted molar refractivity (Wildman–Crippen MR) is 169 cm³/mol. The van der Waals surface area contributed by atoms with Crippen molar-refractivity contribution >= 4 is 23.6 Å². The van der Waals surface area contributed by atoms with E-state index < -0.39 is 41.1 Å². The van der Waals surface area contributed by atoms with E-state index in [0.29, 0.717) is 58.9 Å². The molecule has 1 N–H and O–H groups in total. The number of carboxylic acid groups (broad SMARTS) is 1. The number of aliphatic carboxylic acids is 1. The number of carbonyl (C=O) groups is 1. The summed E-state index contributed by atoms with van der Waals surface area (Å²) in [5.74, 6) is -1.97. The van der Waals surface area contributed by atoms with Crippen molar-refractivity contribution in [3.63, 3.8) is 0 Å². The van der Waals surface area contributed by atoms with E-state index in [-0.39, 0.29) is 17.7 Å². The number of hydrogen-bond acceptors (Lipinski definition) is 8. The highest BCUT2D eigenvalue weighted by Gasteiger charge is 2.43. The molecular formula is C34H37F2N5O5. The Labute approximate surface area is 265 Å². The molecule has 6 bridgehead atoms. The van der Waals surface area contributed by atoms with Gasteiger partial charge in [0.2, 0.25) is 0 Å². The first-order valence-electron chi connectivity index (χ1n) is 15.2. The van der Waals surface area contributed by atoms with Gasteiger partial charge < -0.3 is 24.3 Å². The monoisotopic (exact) mass is 633 g/mol. The van der Waals surface area contributed by atoms with Gasteiger partial charge >= 0.3 is 5.97 Å². The molecule has 4 aromatic rings. The van der Waals surface area contributed by atoms with Gasteiger partial charge in [0, 0.05) is 54.4 Å². The van der Waals surface area contributed by atoms with Crippen molar-refractivity contribution in [2.45, 2.75) is 84.3 Å². The molecule has 0 aliphatic carbocycles. The van der Waals surface area contributed by atoms with E-state index in [2.05, 4.69) is 5.16 Å². The number of halogens is 2. The van der Waals surface area contributed by atoms with Crippen LogP contribution < -0.4 is 9.64 Å². The van der Waals surface area contributed by atoms with Gasteiger partial charge in [-0.3, -0.25) is 4.79 Å². The van der Waals surface area contributed by atoms with Gasteiger partial charge in [-0.2, -0.15) is 9.61 Å². The molecule has 3 aliphatic heterocycles. The lowest BCUT2D eigenvalue weighted by atomic mass is 9.91. The smallest absolute Gasteiger partial charge is 0.308 e. The first kappa shape index (κ1) is 31.4. The van der Waals surface area contributed by atoms with Crippen molar-refractivity contribution < 1.29 is 33.0 Å². The number of nitrogens with zero attached hydrogens (tertiary/aromatic N) is 5. The Morgan fingerprint density at radius 3 is 2.67 bits per heavy atom. The van der Waals surface area contributed by atoms with Crippen LogP contribution >= 0.6 is 0 Å². The quantitative estimate of drug-likeness (QED) is 0.270. The second-order valence-electron chi connectivity index (χ2n) is 13.2. The number of aryl methyl sites for hydroxylation is 1. The van der Waals surface area contributed by atoms with Crippen LogP contribution in [0.4, 0.5) is 14.6 Å². The number of carboxylic acids is 1. The summed E-state index contributed by atoms with van der Waals surface area (Å²) < 4.78 is 44.1. The average Bonchev–Trinajstić information content (AvgIpc) is 3.36. The number of ether oxygens (including phenoxy) is 2. The van der Waals surface area contributed by atoms with Gasteiger partial charge in [0.1, 0.15) is 41.1 Å². The van der Waals surface area contributed by atoms with E-state index in [1.54, 1.807) is 42.6 Å². The second kappa shape index (κ2) is 11.7. The summed E-state index contributed by atoms with van der Waals surface area (Å²) in [6.07, 6.45) is 0.877. The van der Waals surface area contributed by atoms with Crippen molar-refractivity contribution in [3.8, 4) is 28.1 Å². The molecule has 12 heteroatoms.